The van der Waals surface area contributed by atoms with Gasteiger partial charge in [-0.3, -0.25) is 60.7 Å². The zero-order valence-corrected chi connectivity index (χ0v) is 70.3. The van der Waals surface area contributed by atoms with Crippen LogP contribution in [0.4, 0.5) is 0 Å². The Morgan fingerprint density at radius 3 is 1.03 bits per heavy atom. The summed E-state index contributed by atoms with van der Waals surface area (Å²) in [5, 5.41) is 219. The van der Waals surface area contributed by atoms with Gasteiger partial charge in [-0.25, -0.2) is 5.84 Å². The lowest BCUT2D eigenvalue weighted by Gasteiger charge is -2.50. The third-order valence-corrected chi connectivity index (χ3v) is 21.8. The number of nitrogens with two attached hydrogens (primary N) is 1. The number of hydrogen-bond acceptors (Lipinski definition) is 44. The molecule has 0 aromatic rings. The highest BCUT2D eigenvalue weighted by Gasteiger charge is 2.59. The number of aliphatic hydroxyl groups excluding tert-OH is 20. The van der Waals surface area contributed by atoms with E-state index >= 15 is 0 Å². The molecule has 8 fully saturated rings. The number of rotatable bonds is 38. The van der Waals surface area contributed by atoms with E-state index in [4.69, 9.17) is 81.6 Å². The van der Waals surface area contributed by atoms with E-state index in [-0.39, 0.29) is 38.4 Å². The van der Waals surface area contributed by atoms with Crippen molar-refractivity contribution >= 4 is 41.4 Å². The predicted octanol–water partition coefficient (Wildman–Crippen LogP) is -13.3. The van der Waals surface area contributed by atoms with E-state index in [2.05, 4.69) is 32.3 Å². The number of aliphatic hydroxyl groups is 20. The Hall–Kier alpha value is -5.71. The maximum atomic E-state index is 12.7. The van der Waals surface area contributed by atoms with Gasteiger partial charge in [-0.2, -0.15) is 0 Å². The molecule has 0 aromatic carbocycles. The van der Waals surface area contributed by atoms with Gasteiger partial charge in [-0.05, 0) is 66.7 Å². The van der Waals surface area contributed by atoms with Gasteiger partial charge in [0.2, 0.25) is 41.4 Å². The first-order valence-corrected chi connectivity index (χ1v) is 41.5. The standard InChI is InChI=1S/C43H71N5O23.C32H57N3O20/c1-5-6-7-8-10-13-24(52)45-47-26(54)16-27(55)48-46-25(53)14-11-9-12-15-64-41-36(63)38(30(57)20(3)65-41)70-40-28(44-21(4)51)37(32(59)23(18-50)67-40)69-43-39(34(61)31(58)22(17-49)68-43)71-42-35(62)33(60)29(56)19(2)66-42;1-11-18(40)22(44)24(46)31(50-11)55-28-23(45)20(42)14(9-36)52-32(28)53-26-17(34-13(3)38)29(51-15(10-37)21(26)43)54-27-19(41)12(2)49-30(25(27)47)48-8-6-4-5-7-16(39)35-33/h5-8,19-20,22-23,28-43,49-50,56-63H,9-18H2,1-4H3,(H,44,51)(H,45,52)(H,46,53)(H,47,54)(H,48,55);11-12,14-15,17-32,36-37,40-47H,4-10,33H2,1-3H3,(H,34,38)(H,35,39)/b6-5+,8-7+;/t19?,20?,22?,23-,28?,29-,30-,31-,32+,33-,34-,35?,36?,37?,38-,39?,40+,41+,42-,43+;11?,12?,14?,15-,17?,18-,19-,20-,21+,22-,23-,24?,25?,26?,27-,28?,29+,30+,31-,32+/m00/s1. The van der Waals surface area contributed by atoms with E-state index in [1.54, 1.807) is 18.2 Å². The van der Waals surface area contributed by atoms with Crippen LogP contribution in [0.3, 0.4) is 0 Å². The first-order chi connectivity index (χ1) is 59.7. The molecule has 0 aliphatic carbocycles. The minimum atomic E-state index is -1.97. The van der Waals surface area contributed by atoms with Gasteiger partial charge in [0, 0.05) is 46.3 Å². The van der Waals surface area contributed by atoms with Crippen molar-refractivity contribution in [1.82, 2.24) is 37.8 Å². The van der Waals surface area contributed by atoms with Crippen molar-refractivity contribution in [3.63, 3.8) is 0 Å². The van der Waals surface area contributed by atoms with E-state index in [1.807, 2.05) is 18.4 Å². The summed E-state index contributed by atoms with van der Waals surface area (Å²) in [6.07, 6.45) is -52.2. The molecular formula is C75H128N8O43. The lowest BCUT2D eigenvalue weighted by atomic mass is 9.94. The van der Waals surface area contributed by atoms with Crippen LogP contribution in [0.2, 0.25) is 0 Å². The number of hydrogen-bond donors (Lipinski definition) is 28. The number of unbranched alkanes of at least 4 members (excludes halogenated alkanes) is 4. The molecule has 51 nitrogen and oxygen atoms in total. The van der Waals surface area contributed by atoms with Crippen molar-refractivity contribution in [2.45, 2.75) is 365 Å². The van der Waals surface area contributed by atoms with Gasteiger partial charge >= 0.3 is 0 Å². The molecule has 0 bridgehead atoms. The number of amides is 7. The van der Waals surface area contributed by atoms with Gasteiger partial charge in [0.15, 0.2) is 50.3 Å². The van der Waals surface area contributed by atoms with Crippen molar-refractivity contribution in [1.29, 1.82) is 0 Å². The normalized spacial score (nSPS) is 40.9. The third-order valence-electron chi connectivity index (χ3n) is 21.8. The van der Waals surface area contributed by atoms with Crippen LogP contribution in [0.1, 0.15) is 119 Å². The number of allylic oxidation sites excluding steroid dienone is 4. The second kappa shape index (κ2) is 51.9. The summed E-state index contributed by atoms with van der Waals surface area (Å²) < 4.78 is 92.9. The highest BCUT2D eigenvalue weighted by molar-refractivity contribution is 5.98. The minimum absolute atomic E-state index is 0.0291. The number of nitrogens with one attached hydrogen (secondary N) is 7. The van der Waals surface area contributed by atoms with Crippen molar-refractivity contribution in [2.24, 2.45) is 5.84 Å². The van der Waals surface area contributed by atoms with Crippen LogP contribution in [0.5, 0.6) is 0 Å². The van der Waals surface area contributed by atoms with E-state index in [0.717, 1.165) is 13.8 Å². The lowest BCUT2D eigenvalue weighted by Crippen LogP contribution is -2.70. The molecule has 40 atom stereocenters. The maximum absolute atomic E-state index is 12.7. The zero-order valence-electron chi connectivity index (χ0n) is 70.3. The Kier molecular flexibility index (Phi) is 44.2. The van der Waals surface area contributed by atoms with Gasteiger partial charge in [-0.1, -0.05) is 37.1 Å². The molecule has 0 spiro atoms. The first kappa shape index (κ1) is 107. The Morgan fingerprint density at radius 1 is 0.325 bits per heavy atom. The zero-order chi connectivity index (χ0) is 93.2. The summed E-state index contributed by atoms with van der Waals surface area (Å²) >= 11 is 0. The predicted molar refractivity (Wildman–Crippen MR) is 412 cm³/mol. The molecule has 0 saturated carbocycles. The Morgan fingerprint density at radius 2 is 0.659 bits per heavy atom. The van der Waals surface area contributed by atoms with Gasteiger partial charge in [0.05, 0.1) is 50.8 Å². The number of carbonyl (C=O) groups is 7. The van der Waals surface area contributed by atoms with Gasteiger partial charge in [0.25, 0.3) is 0 Å². The summed E-state index contributed by atoms with van der Waals surface area (Å²) in [5.74, 6) is 0.644. The minimum Gasteiger partial charge on any atom is -0.394 e. The molecule has 16 unspecified atom stereocenters. The first-order valence-electron chi connectivity index (χ1n) is 41.5. The van der Waals surface area contributed by atoms with Crippen LogP contribution in [0, 0.1) is 0 Å². The maximum Gasteiger partial charge on any atom is 0.247 e. The van der Waals surface area contributed by atoms with Crippen LogP contribution < -0.4 is 43.6 Å². The molecule has 7 amide bonds. The van der Waals surface area contributed by atoms with Crippen LogP contribution in [0.25, 0.3) is 0 Å². The van der Waals surface area contributed by atoms with Crippen molar-refractivity contribution in [3.8, 4) is 0 Å². The average molecular weight is 1830 g/mol. The fourth-order valence-corrected chi connectivity index (χ4v) is 14.6. The number of ether oxygens (including phenoxy) is 16. The highest BCUT2D eigenvalue weighted by Crippen LogP contribution is 2.39. The fourth-order valence-electron chi connectivity index (χ4n) is 14.6. The van der Waals surface area contributed by atoms with Gasteiger partial charge < -0.3 is 189 Å². The Bertz CT molecular complexity index is 3400. The smallest absolute Gasteiger partial charge is 0.247 e. The van der Waals surface area contributed by atoms with E-state index < -0.39 is 314 Å². The second-order valence-electron chi connectivity index (χ2n) is 31.4. The molecule has 0 radical (unpaired) electrons. The van der Waals surface area contributed by atoms with E-state index in [0.29, 0.717) is 44.9 Å². The lowest BCUT2D eigenvalue weighted by molar-refractivity contribution is -0.386. The molecule has 51 heteroatoms. The quantitative estimate of drug-likeness (QED) is 0.00682. The molecule has 726 valence electrons. The molecule has 29 N–H and O–H groups in total. The second-order valence-corrected chi connectivity index (χ2v) is 31.4. The van der Waals surface area contributed by atoms with Crippen molar-refractivity contribution in [2.75, 3.05) is 39.6 Å². The average Bonchev–Trinajstić information content (AvgIpc) is 0.780. The van der Waals surface area contributed by atoms with Crippen LogP contribution in [-0.2, 0) is 109 Å². The summed E-state index contributed by atoms with van der Waals surface area (Å²) in [4.78, 5) is 84.7. The molecule has 0 aromatic heterocycles. The van der Waals surface area contributed by atoms with E-state index in [9.17, 15) is 136 Å². The summed E-state index contributed by atoms with van der Waals surface area (Å²) in [6, 6.07) is -3.13. The van der Waals surface area contributed by atoms with Gasteiger partial charge in [-0.15, -0.1) is 0 Å². The molecule has 8 aliphatic rings. The SMILES string of the molecule is C/C=C/C=C/CCC(=O)NNC(=O)CC(=O)NNC(=O)CCCCCO[C@@H]1OC(C)[C@H](O)[C@H](O[C@H]2O[C@@H](CO)[C@@H](O)C(O[C@H]3OC(CO)[C@H](O)[C@H](O)C3O[C@@H]3OC(C)[C@H](O)[C@H](O)C3O)C2NC(C)=O)C1O.CC(=O)NC1C(O[C@H]2OC(CO)[C@H](O)[C@H](O)C2O[C@@H]2OC(C)[C@H](O)[C@H](O)C2O)[C@H](O)[C@H](CO)O[C@@H]1O[C@@H]1C(O)[C@H](OCCCCCC(=O)NN)OC(C)[C@@H]1O. The van der Waals surface area contributed by atoms with Crippen molar-refractivity contribution in [3.05, 3.63) is 24.3 Å². The summed E-state index contributed by atoms with van der Waals surface area (Å²) in [6.45, 7) is 6.29. The summed E-state index contributed by atoms with van der Waals surface area (Å²) in [5.41, 5.74) is 10.6. The largest absolute Gasteiger partial charge is 0.394 e. The van der Waals surface area contributed by atoms with Gasteiger partial charge in [0.1, 0.15) is 177 Å². The van der Waals surface area contributed by atoms with Crippen LogP contribution in [-0.4, -0.2) is 429 Å². The molecular weight excluding hydrogens is 1700 g/mol. The Balaban J connectivity index is 0.000000357. The highest BCUT2D eigenvalue weighted by atomic mass is 16.8. The van der Waals surface area contributed by atoms with Crippen LogP contribution in [0.15, 0.2) is 24.3 Å². The topological polar surface area (TPSA) is 782 Å². The number of hydrazine groups is 3. The number of carbonyl (C=O) groups excluding carboxylic acids is 7. The Labute approximate surface area is 722 Å². The molecule has 8 rings (SSSR count). The van der Waals surface area contributed by atoms with Crippen molar-refractivity contribution < 1.29 is 211 Å². The monoisotopic (exact) mass is 1830 g/mol. The van der Waals surface area contributed by atoms with Crippen LogP contribution >= 0.6 is 0 Å². The third kappa shape index (κ3) is 29.4. The van der Waals surface area contributed by atoms with E-state index in [1.165, 1.54) is 27.7 Å². The molecule has 8 aliphatic heterocycles. The fraction of sp³-hybridized carbons (Fsp3) is 0.853. The molecule has 8 heterocycles. The summed E-state index contributed by atoms with van der Waals surface area (Å²) in [7, 11) is 0. The molecule has 8 saturated heterocycles. The molecule has 126 heavy (non-hydrogen) atoms.